The standard InChI is InChI=1S/C18H28N2O2/c1-4-16(5-2)18(21)20-12-10-19(11-13-20)14-15-6-8-17(22-3)9-7-15/h6-9,16H,4-5,10-14H2,1-3H3. The highest BCUT2D eigenvalue weighted by molar-refractivity contribution is 5.78. The van der Waals surface area contributed by atoms with Crippen molar-refractivity contribution in [3.8, 4) is 5.75 Å². The van der Waals surface area contributed by atoms with E-state index in [2.05, 4.69) is 30.9 Å². The molecule has 1 saturated heterocycles. The zero-order chi connectivity index (χ0) is 15.9. The van der Waals surface area contributed by atoms with Gasteiger partial charge in [0.05, 0.1) is 7.11 Å². The monoisotopic (exact) mass is 304 g/mol. The average molecular weight is 304 g/mol. The molecule has 0 unspecified atom stereocenters. The molecule has 0 atom stereocenters. The zero-order valence-corrected chi connectivity index (χ0v) is 14.0. The maximum Gasteiger partial charge on any atom is 0.225 e. The summed E-state index contributed by atoms with van der Waals surface area (Å²) in [5.74, 6) is 1.44. The third-order valence-corrected chi connectivity index (χ3v) is 4.58. The largest absolute Gasteiger partial charge is 0.497 e. The molecule has 1 aromatic carbocycles. The number of nitrogens with zero attached hydrogens (tertiary/aromatic N) is 2. The summed E-state index contributed by atoms with van der Waals surface area (Å²) in [5.41, 5.74) is 1.29. The zero-order valence-electron chi connectivity index (χ0n) is 14.0. The van der Waals surface area contributed by atoms with Gasteiger partial charge in [-0.15, -0.1) is 0 Å². The predicted octanol–water partition coefficient (Wildman–Crippen LogP) is 2.78. The van der Waals surface area contributed by atoms with Gasteiger partial charge in [0.25, 0.3) is 0 Å². The first-order valence-corrected chi connectivity index (χ1v) is 8.32. The van der Waals surface area contributed by atoms with E-state index in [1.54, 1.807) is 7.11 Å². The van der Waals surface area contributed by atoms with Gasteiger partial charge in [0.1, 0.15) is 5.75 Å². The quantitative estimate of drug-likeness (QED) is 0.810. The Morgan fingerprint density at radius 3 is 2.18 bits per heavy atom. The van der Waals surface area contributed by atoms with Crippen LogP contribution in [0.25, 0.3) is 0 Å². The number of hydrogen-bond donors (Lipinski definition) is 0. The summed E-state index contributed by atoms with van der Waals surface area (Å²) in [5, 5.41) is 0. The molecule has 22 heavy (non-hydrogen) atoms. The Kier molecular flexibility index (Phi) is 6.25. The first-order valence-electron chi connectivity index (χ1n) is 8.32. The maximum absolute atomic E-state index is 12.4. The lowest BCUT2D eigenvalue weighted by Gasteiger charge is -2.36. The highest BCUT2D eigenvalue weighted by Crippen LogP contribution is 2.16. The van der Waals surface area contributed by atoms with E-state index < -0.39 is 0 Å². The highest BCUT2D eigenvalue weighted by atomic mass is 16.5. The number of ether oxygens (including phenoxy) is 1. The lowest BCUT2D eigenvalue weighted by Crippen LogP contribution is -2.49. The van der Waals surface area contributed by atoms with E-state index >= 15 is 0 Å². The van der Waals surface area contributed by atoms with Crippen LogP contribution in [0.4, 0.5) is 0 Å². The molecule has 1 aromatic rings. The molecule has 4 nitrogen and oxygen atoms in total. The second-order valence-electron chi connectivity index (χ2n) is 5.96. The van der Waals surface area contributed by atoms with Crippen LogP contribution < -0.4 is 4.74 Å². The smallest absolute Gasteiger partial charge is 0.225 e. The van der Waals surface area contributed by atoms with Gasteiger partial charge >= 0.3 is 0 Å². The Hall–Kier alpha value is -1.55. The number of methoxy groups -OCH3 is 1. The minimum absolute atomic E-state index is 0.202. The molecule has 1 aliphatic heterocycles. The van der Waals surface area contributed by atoms with Crippen LogP contribution in [0.5, 0.6) is 5.75 Å². The van der Waals surface area contributed by atoms with E-state index in [9.17, 15) is 4.79 Å². The predicted molar refractivity (Wildman–Crippen MR) is 88.9 cm³/mol. The summed E-state index contributed by atoms with van der Waals surface area (Å²) in [7, 11) is 1.69. The van der Waals surface area contributed by atoms with Crippen LogP contribution in [-0.4, -0.2) is 49.0 Å². The first-order chi connectivity index (χ1) is 10.7. The molecule has 0 bridgehead atoms. The number of rotatable bonds is 6. The molecule has 122 valence electrons. The van der Waals surface area contributed by atoms with Gasteiger partial charge in [0.2, 0.25) is 5.91 Å². The second-order valence-corrected chi connectivity index (χ2v) is 5.96. The van der Waals surface area contributed by atoms with Crippen molar-refractivity contribution in [2.45, 2.75) is 33.2 Å². The third kappa shape index (κ3) is 4.23. The normalized spacial score (nSPS) is 16.1. The van der Waals surface area contributed by atoms with Gasteiger partial charge in [-0.1, -0.05) is 26.0 Å². The Morgan fingerprint density at radius 2 is 1.68 bits per heavy atom. The molecular weight excluding hydrogens is 276 g/mol. The van der Waals surface area contributed by atoms with Crippen molar-refractivity contribution >= 4 is 5.91 Å². The molecule has 0 spiro atoms. The van der Waals surface area contributed by atoms with E-state index in [-0.39, 0.29) is 5.92 Å². The van der Waals surface area contributed by atoms with Crippen LogP contribution in [0, 0.1) is 5.92 Å². The van der Waals surface area contributed by atoms with Gasteiger partial charge in [0.15, 0.2) is 0 Å². The Morgan fingerprint density at radius 1 is 1.09 bits per heavy atom. The number of piperazine rings is 1. The first kappa shape index (κ1) is 16.8. The molecule has 1 heterocycles. The maximum atomic E-state index is 12.4. The molecule has 0 aromatic heterocycles. The molecule has 2 rings (SSSR count). The van der Waals surface area contributed by atoms with Crippen molar-refractivity contribution in [3.63, 3.8) is 0 Å². The van der Waals surface area contributed by atoms with E-state index in [4.69, 9.17) is 4.74 Å². The van der Waals surface area contributed by atoms with Crippen LogP contribution in [0.2, 0.25) is 0 Å². The summed E-state index contributed by atoms with van der Waals surface area (Å²) >= 11 is 0. The highest BCUT2D eigenvalue weighted by Gasteiger charge is 2.25. The van der Waals surface area contributed by atoms with Crippen LogP contribution in [0.15, 0.2) is 24.3 Å². The van der Waals surface area contributed by atoms with Gasteiger partial charge in [-0.2, -0.15) is 0 Å². The molecular formula is C18H28N2O2. The van der Waals surface area contributed by atoms with Crippen LogP contribution in [-0.2, 0) is 11.3 Å². The Labute approximate surface area is 134 Å². The Balaban J connectivity index is 1.82. The van der Waals surface area contributed by atoms with Crippen molar-refractivity contribution < 1.29 is 9.53 Å². The van der Waals surface area contributed by atoms with Crippen molar-refractivity contribution in [1.82, 2.24) is 9.80 Å². The molecule has 0 N–H and O–H groups in total. The fourth-order valence-corrected chi connectivity index (χ4v) is 3.01. The van der Waals surface area contributed by atoms with E-state index in [0.29, 0.717) is 5.91 Å². The minimum atomic E-state index is 0.202. The van der Waals surface area contributed by atoms with Gasteiger partial charge < -0.3 is 9.64 Å². The molecule has 0 aliphatic carbocycles. The van der Waals surface area contributed by atoms with E-state index in [1.165, 1.54) is 5.56 Å². The third-order valence-electron chi connectivity index (χ3n) is 4.58. The fraction of sp³-hybridized carbons (Fsp3) is 0.611. The lowest BCUT2D eigenvalue weighted by atomic mass is 10.0. The number of benzene rings is 1. The number of hydrogen-bond acceptors (Lipinski definition) is 3. The molecule has 1 amide bonds. The lowest BCUT2D eigenvalue weighted by molar-refractivity contribution is -0.137. The number of amides is 1. The summed E-state index contributed by atoms with van der Waals surface area (Å²) in [6.45, 7) is 8.77. The van der Waals surface area contributed by atoms with E-state index in [1.807, 2.05) is 17.0 Å². The second kappa shape index (κ2) is 8.18. The van der Waals surface area contributed by atoms with Crippen molar-refractivity contribution in [2.24, 2.45) is 5.92 Å². The molecule has 0 saturated carbocycles. The van der Waals surface area contributed by atoms with E-state index in [0.717, 1.165) is 51.3 Å². The van der Waals surface area contributed by atoms with Crippen LogP contribution >= 0.6 is 0 Å². The number of carbonyl (C=O) groups is 1. The Bertz CT molecular complexity index is 460. The summed E-state index contributed by atoms with van der Waals surface area (Å²) in [4.78, 5) is 16.8. The van der Waals surface area contributed by atoms with Gasteiger partial charge in [-0.3, -0.25) is 9.69 Å². The van der Waals surface area contributed by atoms with Gasteiger partial charge in [-0.25, -0.2) is 0 Å². The van der Waals surface area contributed by atoms with Crippen molar-refractivity contribution in [1.29, 1.82) is 0 Å². The summed E-state index contributed by atoms with van der Waals surface area (Å²) in [6.07, 6.45) is 1.89. The van der Waals surface area contributed by atoms with Gasteiger partial charge in [0, 0.05) is 38.6 Å². The number of carbonyl (C=O) groups excluding carboxylic acids is 1. The van der Waals surface area contributed by atoms with Crippen LogP contribution in [0.1, 0.15) is 32.3 Å². The summed E-state index contributed by atoms with van der Waals surface area (Å²) < 4.78 is 5.19. The molecule has 0 radical (unpaired) electrons. The minimum Gasteiger partial charge on any atom is -0.497 e. The molecule has 1 aliphatic rings. The van der Waals surface area contributed by atoms with Crippen molar-refractivity contribution in [3.05, 3.63) is 29.8 Å². The molecule has 1 fully saturated rings. The van der Waals surface area contributed by atoms with Crippen LogP contribution in [0.3, 0.4) is 0 Å². The summed E-state index contributed by atoms with van der Waals surface area (Å²) in [6, 6.07) is 8.23. The van der Waals surface area contributed by atoms with Crippen molar-refractivity contribution in [2.75, 3.05) is 33.3 Å². The van der Waals surface area contributed by atoms with Gasteiger partial charge in [-0.05, 0) is 30.5 Å². The average Bonchev–Trinajstić information content (AvgIpc) is 2.57. The SMILES string of the molecule is CCC(CC)C(=O)N1CCN(Cc2ccc(OC)cc2)CC1. The topological polar surface area (TPSA) is 32.8 Å². The fourth-order valence-electron chi connectivity index (χ4n) is 3.01. The molecule has 4 heteroatoms.